The van der Waals surface area contributed by atoms with Gasteiger partial charge in [0.25, 0.3) is 0 Å². The van der Waals surface area contributed by atoms with Crippen LogP contribution in [0.5, 0.6) is 0 Å². The first kappa shape index (κ1) is 19.0. The summed E-state index contributed by atoms with van der Waals surface area (Å²) in [4.78, 5) is 19.3. The van der Waals surface area contributed by atoms with Crippen LogP contribution in [-0.2, 0) is 4.74 Å². The molecule has 0 amide bonds. The Morgan fingerprint density at radius 1 is 1.30 bits per heavy atom. The quantitative estimate of drug-likeness (QED) is 0.751. The van der Waals surface area contributed by atoms with Crippen LogP contribution in [0.4, 0.5) is 19.0 Å². The van der Waals surface area contributed by atoms with E-state index in [1.54, 1.807) is 12.3 Å². The number of alkyl halides is 3. The summed E-state index contributed by atoms with van der Waals surface area (Å²) in [6.45, 7) is 6.30. The highest BCUT2D eigenvalue weighted by Gasteiger charge is 2.35. The molecule has 0 bridgehead atoms. The summed E-state index contributed by atoms with van der Waals surface area (Å²) in [5.41, 5.74) is -0.685. The molecule has 3 rings (SSSR count). The summed E-state index contributed by atoms with van der Waals surface area (Å²) in [5.74, 6) is 0.948. The maximum Gasteiger partial charge on any atom is 0.434 e. The van der Waals surface area contributed by atoms with Crippen molar-refractivity contribution in [1.82, 2.24) is 14.9 Å². The van der Waals surface area contributed by atoms with Crippen molar-refractivity contribution in [3.63, 3.8) is 0 Å². The second-order valence-electron chi connectivity index (χ2n) is 5.86. The maximum absolute atomic E-state index is 13.0. The second-order valence-corrected chi connectivity index (χ2v) is 5.86. The lowest BCUT2D eigenvalue weighted by Gasteiger charge is -2.26. The number of hydrogen-bond acceptors (Lipinski definition) is 7. The average molecular weight is 380 g/mol. The maximum atomic E-state index is 13.0. The fourth-order valence-corrected chi connectivity index (χ4v) is 2.75. The first-order valence-electron chi connectivity index (χ1n) is 8.39. The molecular weight excluding hydrogens is 361 g/mol. The van der Waals surface area contributed by atoms with Crippen LogP contribution in [0, 0.1) is 0 Å². The van der Waals surface area contributed by atoms with Crippen molar-refractivity contribution in [1.29, 1.82) is 0 Å². The lowest BCUT2D eigenvalue weighted by atomic mass is 10.3. The molecular formula is C17H19F3N6O. The summed E-state index contributed by atoms with van der Waals surface area (Å²) < 4.78 is 44.4. The van der Waals surface area contributed by atoms with Crippen molar-refractivity contribution >= 4 is 24.4 Å². The van der Waals surface area contributed by atoms with Gasteiger partial charge in [0.05, 0.1) is 19.4 Å². The van der Waals surface area contributed by atoms with Gasteiger partial charge >= 0.3 is 6.18 Å². The lowest BCUT2D eigenvalue weighted by Crippen LogP contribution is -2.28. The topological polar surface area (TPSA) is 66.2 Å². The Bertz CT molecular complexity index is 766. The summed E-state index contributed by atoms with van der Waals surface area (Å²) in [7, 11) is 0. The average Bonchev–Trinajstić information content (AvgIpc) is 2.95. The zero-order valence-electron chi connectivity index (χ0n) is 14.6. The Hall–Kier alpha value is -2.75. The highest BCUT2D eigenvalue weighted by Crippen LogP contribution is 2.30. The molecule has 0 N–H and O–H groups in total. The van der Waals surface area contributed by atoms with Crippen LogP contribution in [0.25, 0.3) is 5.70 Å². The van der Waals surface area contributed by atoms with E-state index in [1.807, 2.05) is 0 Å². The summed E-state index contributed by atoms with van der Waals surface area (Å²) in [5, 5.41) is 0. The molecule has 27 heavy (non-hydrogen) atoms. The number of nitrogens with zero attached hydrogens (tertiary/aromatic N) is 6. The fraction of sp³-hybridized carbons (Fsp3) is 0.412. The fourth-order valence-electron chi connectivity index (χ4n) is 2.75. The molecule has 1 aromatic rings. The minimum absolute atomic E-state index is 0.145. The molecule has 3 heterocycles. The third-order valence-corrected chi connectivity index (χ3v) is 4.02. The molecule has 1 fully saturated rings. The molecule has 0 radical (unpaired) electrons. The van der Waals surface area contributed by atoms with Crippen molar-refractivity contribution in [3.05, 3.63) is 36.2 Å². The van der Waals surface area contributed by atoms with Gasteiger partial charge in [-0.2, -0.15) is 13.2 Å². The number of rotatable bonds is 4. The highest BCUT2D eigenvalue weighted by atomic mass is 19.4. The van der Waals surface area contributed by atoms with Gasteiger partial charge in [-0.05, 0) is 19.2 Å². The smallest absolute Gasteiger partial charge is 0.380 e. The summed E-state index contributed by atoms with van der Waals surface area (Å²) >= 11 is 0. The van der Waals surface area contributed by atoms with Crippen molar-refractivity contribution in [2.45, 2.75) is 12.6 Å². The highest BCUT2D eigenvalue weighted by molar-refractivity contribution is 5.70. The van der Waals surface area contributed by atoms with E-state index in [0.29, 0.717) is 31.3 Å². The van der Waals surface area contributed by atoms with Crippen molar-refractivity contribution in [3.8, 4) is 0 Å². The molecule has 0 aromatic carbocycles. The van der Waals surface area contributed by atoms with Gasteiger partial charge in [-0.3, -0.25) is 9.98 Å². The summed E-state index contributed by atoms with van der Waals surface area (Å²) in [6, 6.07) is 1.77. The Morgan fingerprint density at radius 2 is 2.15 bits per heavy atom. The first-order valence-corrected chi connectivity index (χ1v) is 8.39. The first-order chi connectivity index (χ1) is 13.0. The molecule has 144 valence electrons. The molecule has 2 aliphatic rings. The number of anilines is 1. The Labute approximate surface area is 154 Å². The van der Waals surface area contributed by atoms with Crippen LogP contribution in [0.15, 0.2) is 40.3 Å². The zero-order chi connectivity index (χ0) is 19.3. The molecule has 0 spiro atoms. The number of ether oxygens (including phenoxy) is 1. The number of hydrogen-bond donors (Lipinski definition) is 0. The van der Waals surface area contributed by atoms with Crippen LogP contribution in [0.2, 0.25) is 0 Å². The predicted octanol–water partition coefficient (Wildman–Crippen LogP) is 2.49. The van der Waals surface area contributed by atoms with Gasteiger partial charge in [-0.25, -0.2) is 9.97 Å². The molecule has 0 aliphatic carbocycles. The van der Waals surface area contributed by atoms with Gasteiger partial charge in [-0.15, -0.1) is 0 Å². The SMILES string of the molecule is C=N/C=C(/c1nccc(N2CCCOCC2)n1)N1C=C(C(F)(F)F)N=CC1. The number of aromatic nitrogens is 2. The van der Waals surface area contributed by atoms with E-state index in [0.717, 1.165) is 19.2 Å². The van der Waals surface area contributed by atoms with Crippen LogP contribution < -0.4 is 4.90 Å². The van der Waals surface area contributed by atoms with Gasteiger partial charge in [0.15, 0.2) is 11.5 Å². The van der Waals surface area contributed by atoms with Gasteiger partial charge < -0.3 is 14.5 Å². The van der Waals surface area contributed by atoms with E-state index in [9.17, 15) is 13.2 Å². The van der Waals surface area contributed by atoms with Gasteiger partial charge in [-0.1, -0.05) is 0 Å². The minimum atomic E-state index is -4.54. The standard InChI is InChI=1S/C17H19F3N6O/c1-21-11-13(26-7-5-22-14(12-26)17(18,19)20)16-23-4-3-15(24-16)25-6-2-9-27-10-8-25/h3-5,11-12H,1-2,6-10H2/b13-11-. The normalized spacial score (nSPS) is 18.9. The molecule has 0 saturated carbocycles. The second kappa shape index (κ2) is 8.30. The van der Waals surface area contributed by atoms with Crippen LogP contribution in [-0.4, -0.2) is 66.8 Å². The van der Waals surface area contributed by atoms with E-state index >= 15 is 0 Å². The molecule has 0 atom stereocenters. The van der Waals surface area contributed by atoms with Crippen molar-refractivity contribution < 1.29 is 17.9 Å². The minimum Gasteiger partial charge on any atom is -0.380 e. The van der Waals surface area contributed by atoms with Crippen LogP contribution in [0.3, 0.4) is 0 Å². The predicted molar refractivity (Wildman–Crippen MR) is 96.5 cm³/mol. The van der Waals surface area contributed by atoms with E-state index in [1.165, 1.54) is 17.3 Å². The van der Waals surface area contributed by atoms with E-state index in [2.05, 4.69) is 31.6 Å². The molecule has 10 heteroatoms. The van der Waals surface area contributed by atoms with Gasteiger partial charge in [0.2, 0.25) is 0 Å². The molecule has 1 aromatic heterocycles. The third-order valence-electron chi connectivity index (χ3n) is 4.02. The third kappa shape index (κ3) is 4.70. The van der Waals surface area contributed by atoms with Crippen LogP contribution >= 0.6 is 0 Å². The lowest BCUT2D eigenvalue weighted by molar-refractivity contribution is -0.0934. The van der Waals surface area contributed by atoms with E-state index in [-0.39, 0.29) is 12.4 Å². The largest absolute Gasteiger partial charge is 0.434 e. The van der Waals surface area contributed by atoms with Crippen molar-refractivity contribution in [2.75, 3.05) is 37.7 Å². The van der Waals surface area contributed by atoms with Crippen LogP contribution in [0.1, 0.15) is 12.2 Å². The Morgan fingerprint density at radius 3 is 2.93 bits per heavy atom. The molecule has 1 saturated heterocycles. The monoisotopic (exact) mass is 380 g/mol. The Kier molecular flexibility index (Phi) is 5.84. The zero-order valence-corrected chi connectivity index (χ0v) is 14.6. The van der Waals surface area contributed by atoms with Gasteiger partial charge in [0, 0.05) is 38.3 Å². The molecule has 7 nitrogen and oxygen atoms in total. The van der Waals surface area contributed by atoms with E-state index < -0.39 is 11.9 Å². The molecule has 2 aliphatic heterocycles. The number of halogens is 3. The Balaban J connectivity index is 1.91. The van der Waals surface area contributed by atoms with E-state index in [4.69, 9.17) is 4.74 Å². The van der Waals surface area contributed by atoms with Gasteiger partial charge in [0.1, 0.15) is 11.5 Å². The molecule has 0 unspecified atom stereocenters. The number of aliphatic imine (C=N–C) groups is 2. The summed E-state index contributed by atoms with van der Waals surface area (Å²) in [6.07, 6.45) is 1.36. The van der Waals surface area contributed by atoms with Crippen molar-refractivity contribution in [2.24, 2.45) is 9.98 Å². The number of allylic oxidation sites excluding steroid dienone is 1.